The molecule has 0 bridgehead atoms. The molecule has 0 aliphatic rings. The van der Waals surface area contributed by atoms with Crippen LogP contribution >= 0.6 is 23.4 Å². The van der Waals surface area contributed by atoms with Gasteiger partial charge in [0.05, 0.1) is 11.3 Å². The first-order valence-corrected chi connectivity index (χ1v) is 10.4. The van der Waals surface area contributed by atoms with Gasteiger partial charge in [-0.1, -0.05) is 40.7 Å². The molecule has 4 rings (SSSR count). The van der Waals surface area contributed by atoms with Crippen molar-refractivity contribution in [2.24, 2.45) is 0 Å². The molecule has 0 amide bonds. The first kappa shape index (κ1) is 21.3. The van der Waals surface area contributed by atoms with Gasteiger partial charge in [-0.3, -0.25) is 0 Å². The Morgan fingerprint density at radius 3 is 2.45 bits per heavy atom. The Kier molecular flexibility index (Phi) is 5.97. The molecule has 2 aromatic heterocycles. The van der Waals surface area contributed by atoms with Crippen molar-refractivity contribution in [3.05, 3.63) is 76.8 Å². The average Bonchev–Trinajstić information content (AvgIpc) is 3.21. The number of halogens is 4. The summed E-state index contributed by atoms with van der Waals surface area (Å²) < 4.78 is 44.0. The van der Waals surface area contributed by atoms with E-state index < -0.39 is 11.7 Å². The van der Waals surface area contributed by atoms with Crippen molar-refractivity contribution in [2.75, 3.05) is 0 Å². The summed E-state index contributed by atoms with van der Waals surface area (Å²) in [4.78, 5) is 13.2. The second-order valence-corrected chi connectivity index (χ2v) is 7.99. The Bertz CT molecular complexity index is 1210. The van der Waals surface area contributed by atoms with Crippen LogP contribution in [0.25, 0.3) is 22.8 Å². The van der Waals surface area contributed by atoms with Crippen LogP contribution in [-0.4, -0.2) is 20.1 Å². The molecule has 158 valence electrons. The highest BCUT2D eigenvalue weighted by Crippen LogP contribution is 2.32. The maximum atomic E-state index is 12.9. The van der Waals surface area contributed by atoms with Gasteiger partial charge in [-0.2, -0.15) is 18.2 Å². The zero-order chi connectivity index (χ0) is 22.0. The summed E-state index contributed by atoms with van der Waals surface area (Å²) >= 11 is 7.29. The van der Waals surface area contributed by atoms with Crippen molar-refractivity contribution in [3.63, 3.8) is 0 Å². The van der Waals surface area contributed by atoms with Crippen LogP contribution in [0.2, 0.25) is 5.02 Å². The van der Waals surface area contributed by atoms with Gasteiger partial charge in [0.2, 0.25) is 11.7 Å². The van der Waals surface area contributed by atoms with Gasteiger partial charge >= 0.3 is 6.18 Å². The number of benzene rings is 2. The lowest BCUT2D eigenvalue weighted by atomic mass is 10.1. The molecular weight excluding hydrogens is 449 g/mol. The molecule has 0 saturated carbocycles. The number of rotatable bonds is 5. The Labute approximate surface area is 184 Å². The third-order valence-electron chi connectivity index (χ3n) is 4.19. The van der Waals surface area contributed by atoms with Crippen LogP contribution in [0, 0.1) is 6.92 Å². The third-order valence-corrected chi connectivity index (χ3v) is 5.34. The average molecular weight is 463 g/mol. The van der Waals surface area contributed by atoms with E-state index in [1.54, 1.807) is 12.1 Å². The zero-order valence-corrected chi connectivity index (χ0v) is 17.6. The summed E-state index contributed by atoms with van der Waals surface area (Å²) in [6.45, 7) is 1.86. The van der Waals surface area contributed by atoms with E-state index in [1.165, 1.54) is 23.9 Å². The van der Waals surface area contributed by atoms with Crippen LogP contribution in [0.4, 0.5) is 13.2 Å². The zero-order valence-electron chi connectivity index (χ0n) is 16.0. The molecule has 0 radical (unpaired) electrons. The second kappa shape index (κ2) is 8.68. The van der Waals surface area contributed by atoms with Crippen LogP contribution in [0.3, 0.4) is 0 Å². The van der Waals surface area contributed by atoms with Gasteiger partial charge in [0.15, 0.2) is 5.82 Å². The molecule has 0 unspecified atom stereocenters. The summed E-state index contributed by atoms with van der Waals surface area (Å²) in [5.41, 5.74) is 1.09. The highest BCUT2D eigenvalue weighted by atomic mass is 35.5. The maximum Gasteiger partial charge on any atom is 0.416 e. The Morgan fingerprint density at radius 2 is 1.71 bits per heavy atom. The van der Waals surface area contributed by atoms with E-state index in [4.69, 9.17) is 16.1 Å². The number of thioether (sulfide) groups is 1. The molecule has 4 aromatic rings. The molecule has 10 heteroatoms. The molecule has 0 N–H and O–H groups in total. The fourth-order valence-electron chi connectivity index (χ4n) is 2.74. The van der Waals surface area contributed by atoms with Crippen molar-refractivity contribution >= 4 is 23.4 Å². The lowest BCUT2D eigenvalue weighted by Gasteiger charge is -2.06. The lowest BCUT2D eigenvalue weighted by molar-refractivity contribution is -0.137. The van der Waals surface area contributed by atoms with Gasteiger partial charge in [-0.25, -0.2) is 9.97 Å². The molecule has 5 nitrogen and oxygen atoms in total. The van der Waals surface area contributed by atoms with Crippen LogP contribution in [-0.2, 0) is 11.9 Å². The van der Waals surface area contributed by atoms with Crippen LogP contribution in [0.1, 0.15) is 17.1 Å². The molecule has 2 heterocycles. The summed E-state index contributed by atoms with van der Waals surface area (Å²) in [5.74, 6) is 1.25. The first-order valence-electron chi connectivity index (χ1n) is 9.02. The minimum atomic E-state index is -4.44. The fraction of sp³-hybridized carbons (Fsp3) is 0.143. The number of aryl methyl sites for hydroxylation is 1. The Balaban J connectivity index is 1.50. The minimum Gasteiger partial charge on any atom is -0.338 e. The van der Waals surface area contributed by atoms with Gasteiger partial charge in [-0.05, 0) is 49.4 Å². The Morgan fingerprint density at radius 1 is 0.935 bits per heavy atom. The standard InChI is InChI=1S/C21H14ClF3N4OS/c1-12-9-18(28-19(26-12)13-5-7-16(22)8-6-13)31-11-17-27-20(29-30-17)14-3-2-4-15(10-14)21(23,24)25/h2-10H,11H2,1H3. The van der Waals surface area contributed by atoms with Gasteiger partial charge in [0.1, 0.15) is 5.03 Å². The van der Waals surface area contributed by atoms with Crippen molar-refractivity contribution in [1.29, 1.82) is 0 Å². The largest absolute Gasteiger partial charge is 0.416 e. The SMILES string of the molecule is Cc1cc(SCc2nc(-c3cccc(C(F)(F)F)c3)no2)nc(-c2ccc(Cl)cc2)n1. The summed E-state index contributed by atoms with van der Waals surface area (Å²) in [5, 5.41) is 5.13. The molecule has 0 aliphatic carbocycles. The predicted octanol–water partition coefficient (Wildman–Crippen LogP) is 6.47. The molecule has 0 fully saturated rings. The van der Waals surface area contributed by atoms with Crippen molar-refractivity contribution < 1.29 is 17.7 Å². The van der Waals surface area contributed by atoms with Crippen LogP contribution in [0.5, 0.6) is 0 Å². The van der Waals surface area contributed by atoms with Gasteiger partial charge in [0.25, 0.3) is 0 Å². The lowest BCUT2D eigenvalue weighted by Crippen LogP contribution is -2.04. The highest BCUT2D eigenvalue weighted by Gasteiger charge is 2.30. The third kappa shape index (κ3) is 5.23. The topological polar surface area (TPSA) is 64.7 Å². The van der Waals surface area contributed by atoms with Gasteiger partial charge in [0, 0.05) is 21.8 Å². The van der Waals surface area contributed by atoms with Crippen LogP contribution in [0.15, 0.2) is 64.1 Å². The van der Waals surface area contributed by atoms with Gasteiger partial charge in [-0.15, -0.1) is 0 Å². The highest BCUT2D eigenvalue weighted by molar-refractivity contribution is 7.98. The normalized spacial score (nSPS) is 11.6. The molecule has 0 spiro atoms. The monoisotopic (exact) mass is 462 g/mol. The van der Waals surface area contributed by atoms with Crippen molar-refractivity contribution in [2.45, 2.75) is 23.9 Å². The second-order valence-electron chi connectivity index (χ2n) is 6.56. The smallest absolute Gasteiger partial charge is 0.338 e. The van der Waals surface area contributed by atoms with E-state index in [2.05, 4.69) is 20.1 Å². The summed E-state index contributed by atoms with van der Waals surface area (Å²) in [7, 11) is 0. The number of hydrogen-bond donors (Lipinski definition) is 0. The molecule has 0 aliphatic heterocycles. The molecule has 0 atom stereocenters. The quantitative estimate of drug-likeness (QED) is 0.250. The van der Waals surface area contributed by atoms with Crippen LogP contribution < -0.4 is 0 Å². The number of aromatic nitrogens is 4. The number of alkyl halides is 3. The maximum absolute atomic E-state index is 12.9. The number of nitrogens with zero attached hydrogens (tertiary/aromatic N) is 4. The summed E-state index contributed by atoms with van der Waals surface area (Å²) in [6, 6.07) is 13.8. The van der Waals surface area contributed by atoms with E-state index in [-0.39, 0.29) is 17.3 Å². The molecular formula is C21H14ClF3N4OS. The molecule has 0 saturated heterocycles. The summed E-state index contributed by atoms with van der Waals surface area (Å²) in [6.07, 6.45) is -4.44. The van der Waals surface area contributed by atoms with E-state index >= 15 is 0 Å². The van der Waals surface area contributed by atoms with E-state index in [1.807, 2.05) is 25.1 Å². The van der Waals surface area contributed by atoms with Gasteiger partial charge < -0.3 is 4.52 Å². The molecule has 31 heavy (non-hydrogen) atoms. The number of hydrogen-bond acceptors (Lipinski definition) is 6. The van der Waals surface area contributed by atoms with E-state index in [0.29, 0.717) is 21.6 Å². The molecule has 2 aromatic carbocycles. The predicted molar refractivity (Wildman–Crippen MR) is 112 cm³/mol. The Hall–Kier alpha value is -2.91. The van der Waals surface area contributed by atoms with E-state index in [9.17, 15) is 13.2 Å². The fourth-order valence-corrected chi connectivity index (χ4v) is 3.66. The minimum absolute atomic E-state index is 0.0995. The van der Waals surface area contributed by atoms with E-state index in [0.717, 1.165) is 23.4 Å². The first-order chi connectivity index (χ1) is 14.8. The van der Waals surface area contributed by atoms with Crippen molar-refractivity contribution in [1.82, 2.24) is 20.1 Å². The van der Waals surface area contributed by atoms with Crippen molar-refractivity contribution in [3.8, 4) is 22.8 Å².